The maximum absolute atomic E-state index is 5.72. The van der Waals surface area contributed by atoms with Crippen LogP contribution >= 0.6 is 0 Å². The number of unbranched alkanes of at least 4 members (excludes halogenated alkanes) is 1. The molecule has 0 spiro atoms. The Balaban J connectivity index is 2.12. The summed E-state index contributed by atoms with van der Waals surface area (Å²) in [6, 6.07) is 0. The van der Waals surface area contributed by atoms with E-state index in [4.69, 9.17) is 10.5 Å². The third-order valence-corrected chi connectivity index (χ3v) is 2.04. The molecule has 0 radical (unpaired) electrons. The van der Waals surface area contributed by atoms with Gasteiger partial charge in [0.25, 0.3) is 0 Å². The summed E-state index contributed by atoms with van der Waals surface area (Å²) in [7, 11) is 1.85. The van der Waals surface area contributed by atoms with Crippen molar-refractivity contribution in [2.45, 2.75) is 19.8 Å². The molecule has 1 heterocycles. The van der Waals surface area contributed by atoms with E-state index >= 15 is 0 Å². The van der Waals surface area contributed by atoms with Gasteiger partial charge in [-0.05, 0) is 6.42 Å². The van der Waals surface area contributed by atoms with Crippen LogP contribution < -0.4 is 11.1 Å². The van der Waals surface area contributed by atoms with Crippen molar-refractivity contribution in [3.05, 3.63) is 6.20 Å². The lowest BCUT2D eigenvalue weighted by atomic mass is 10.4. The topological polar surface area (TPSA) is 65.1 Å². The number of nitrogens with one attached hydrogen (secondary N) is 1. The molecule has 0 bridgehead atoms. The molecule has 0 atom stereocenters. The van der Waals surface area contributed by atoms with E-state index < -0.39 is 0 Å². The van der Waals surface area contributed by atoms with Crippen molar-refractivity contribution >= 4 is 11.5 Å². The second-order valence-corrected chi connectivity index (χ2v) is 3.50. The minimum Gasteiger partial charge on any atom is -0.394 e. The lowest BCUT2D eigenvalue weighted by molar-refractivity contribution is 0.141. The van der Waals surface area contributed by atoms with Crippen LogP contribution in [-0.2, 0) is 11.8 Å². The summed E-state index contributed by atoms with van der Waals surface area (Å²) in [6.45, 7) is 4.41. The highest BCUT2D eigenvalue weighted by Gasteiger charge is 2.01. The predicted molar refractivity (Wildman–Crippen MR) is 61.8 cm³/mol. The maximum atomic E-state index is 5.72. The number of nitrogen functional groups attached to an aromatic ring is 1. The Bertz CT molecular complexity index is 285. The van der Waals surface area contributed by atoms with Crippen molar-refractivity contribution in [1.29, 1.82) is 0 Å². The van der Waals surface area contributed by atoms with Crippen LogP contribution in [0.3, 0.4) is 0 Å². The number of aryl methyl sites for hydroxylation is 1. The molecule has 0 amide bonds. The highest BCUT2D eigenvalue weighted by Crippen LogP contribution is 2.13. The summed E-state index contributed by atoms with van der Waals surface area (Å²) in [5.41, 5.74) is 6.39. The smallest absolute Gasteiger partial charge is 0.171 e. The first-order valence-corrected chi connectivity index (χ1v) is 5.34. The third kappa shape index (κ3) is 4.20. The molecule has 0 fully saturated rings. The third-order valence-electron chi connectivity index (χ3n) is 2.04. The van der Waals surface area contributed by atoms with Crippen LogP contribution in [0.1, 0.15) is 19.8 Å². The number of rotatable bonds is 7. The first kappa shape index (κ1) is 11.8. The zero-order valence-corrected chi connectivity index (χ0v) is 9.49. The largest absolute Gasteiger partial charge is 0.394 e. The highest BCUT2D eigenvalue weighted by atomic mass is 16.5. The molecule has 5 nitrogen and oxygen atoms in total. The Hall–Kier alpha value is -1.23. The summed E-state index contributed by atoms with van der Waals surface area (Å²) in [5.74, 6) is 0.733. The Morgan fingerprint density at radius 2 is 2.33 bits per heavy atom. The van der Waals surface area contributed by atoms with Crippen molar-refractivity contribution in [2.24, 2.45) is 7.05 Å². The minimum absolute atomic E-state index is 0.672. The Kier molecular flexibility index (Phi) is 4.97. The molecule has 0 saturated heterocycles. The molecule has 1 aromatic heterocycles. The van der Waals surface area contributed by atoms with Crippen LogP contribution in [0.2, 0.25) is 0 Å². The molecule has 0 unspecified atom stereocenters. The molecule has 1 rings (SSSR count). The SMILES string of the molecule is CCCCOCCNc1nn(C)cc1N. The minimum atomic E-state index is 0.672. The fraction of sp³-hybridized carbons (Fsp3) is 0.700. The molecule has 15 heavy (non-hydrogen) atoms. The molecular weight excluding hydrogens is 192 g/mol. The van der Waals surface area contributed by atoms with Crippen LogP contribution in [-0.4, -0.2) is 29.5 Å². The number of hydrogen-bond acceptors (Lipinski definition) is 4. The van der Waals surface area contributed by atoms with Gasteiger partial charge in [0.05, 0.1) is 12.3 Å². The summed E-state index contributed by atoms with van der Waals surface area (Å²) in [5, 5.41) is 7.30. The van der Waals surface area contributed by atoms with Gasteiger partial charge in [-0.1, -0.05) is 13.3 Å². The van der Waals surface area contributed by atoms with Crippen molar-refractivity contribution in [2.75, 3.05) is 30.8 Å². The monoisotopic (exact) mass is 212 g/mol. The van der Waals surface area contributed by atoms with Crippen LogP contribution in [0, 0.1) is 0 Å². The molecule has 0 saturated carbocycles. The lowest BCUT2D eigenvalue weighted by Crippen LogP contribution is -2.11. The number of anilines is 2. The lowest BCUT2D eigenvalue weighted by Gasteiger charge is -2.04. The van der Waals surface area contributed by atoms with E-state index in [1.54, 1.807) is 10.9 Å². The molecule has 1 aromatic rings. The van der Waals surface area contributed by atoms with Crippen LogP contribution in [0.15, 0.2) is 6.20 Å². The van der Waals surface area contributed by atoms with Crippen molar-refractivity contribution in [1.82, 2.24) is 9.78 Å². The first-order chi connectivity index (χ1) is 7.24. The van der Waals surface area contributed by atoms with Gasteiger partial charge in [0.15, 0.2) is 5.82 Å². The van der Waals surface area contributed by atoms with Gasteiger partial charge in [-0.2, -0.15) is 5.10 Å². The average molecular weight is 212 g/mol. The number of nitrogens with two attached hydrogens (primary N) is 1. The molecule has 3 N–H and O–H groups in total. The summed E-state index contributed by atoms with van der Waals surface area (Å²) >= 11 is 0. The van der Waals surface area contributed by atoms with E-state index in [0.717, 1.165) is 25.4 Å². The Labute approximate surface area is 90.6 Å². The van der Waals surface area contributed by atoms with Gasteiger partial charge >= 0.3 is 0 Å². The van der Waals surface area contributed by atoms with E-state index in [-0.39, 0.29) is 0 Å². The van der Waals surface area contributed by atoms with Gasteiger partial charge in [-0.15, -0.1) is 0 Å². The Morgan fingerprint density at radius 3 is 2.93 bits per heavy atom. The van der Waals surface area contributed by atoms with Crippen LogP contribution in [0.25, 0.3) is 0 Å². The van der Waals surface area contributed by atoms with E-state index in [1.807, 2.05) is 7.05 Å². The maximum Gasteiger partial charge on any atom is 0.171 e. The molecule has 0 aliphatic heterocycles. The molecule has 0 aliphatic carbocycles. The zero-order valence-electron chi connectivity index (χ0n) is 9.49. The summed E-state index contributed by atoms with van der Waals surface area (Å²) < 4.78 is 7.09. The molecular formula is C10H20N4O. The van der Waals surface area contributed by atoms with Crippen molar-refractivity contribution < 1.29 is 4.74 Å². The van der Waals surface area contributed by atoms with Gasteiger partial charge in [-0.25, -0.2) is 0 Å². The highest BCUT2D eigenvalue weighted by molar-refractivity contribution is 5.59. The van der Waals surface area contributed by atoms with E-state index in [0.29, 0.717) is 12.3 Å². The van der Waals surface area contributed by atoms with E-state index in [9.17, 15) is 0 Å². The van der Waals surface area contributed by atoms with Crippen molar-refractivity contribution in [3.8, 4) is 0 Å². The van der Waals surface area contributed by atoms with Crippen molar-refractivity contribution in [3.63, 3.8) is 0 Å². The standard InChI is InChI=1S/C10H20N4O/c1-3-4-6-15-7-5-12-10-9(11)8-14(2)13-10/h8H,3-7,11H2,1-2H3,(H,12,13). The molecule has 0 aromatic carbocycles. The Morgan fingerprint density at radius 1 is 1.53 bits per heavy atom. The quantitative estimate of drug-likeness (QED) is 0.667. The number of ether oxygens (including phenoxy) is 1. The normalized spacial score (nSPS) is 10.5. The second-order valence-electron chi connectivity index (χ2n) is 3.50. The average Bonchev–Trinajstić information content (AvgIpc) is 2.51. The molecule has 5 heteroatoms. The van der Waals surface area contributed by atoms with E-state index in [2.05, 4.69) is 17.3 Å². The summed E-state index contributed by atoms with van der Waals surface area (Å²) in [4.78, 5) is 0. The van der Waals surface area contributed by atoms with Gasteiger partial charge in [0.1, 0.15) is 0 Å². The summed E-state index contributed by atoms with van der Waals surface area (Å²) in [6.07, 6.45) is 4.06. The van der Waals surface area contributed by atoms with Gasteiger partial charge < -0.3 is 15.8 Å². The fourth-order valence-corrected chi connectivity index (χ4v) is 1.23. The van der Waals surface area contributed by atoms with E-state index in [1.165, 1.54) is 6.42 Å². The molecule has 0 aliphatic rings. The second kappa shape index (κ2) is 6.29. The van der Waals surface area contributed by atoms with Crippen LogP contribution in [0.5, 0.6) is 0 Å². The number of aromatic nitrogens is 2. The van der Waals surface area contributed by atoms with Gasteiger partial charge in [0, 0.05) is 26.4 Å². The fourth-order valence-electron chi connectivity index (χ4n) is 1.23. The number of nitrogens with zero attached hydrogens (tertiary/aromatic N) is 2. The molecule has 86 valence electrons. The predicted octanol–water partition coefficient (Wildman–Crippen LogP) is 1.23. The van der Waals surface area contributed by atoms with Gasteiger partial charge in [-0.3, -0.25) is 4.68 Å². The van der Waals surface area contributed by atoms with Gasteiger partial charge in [0.2, 0.25) is 0 Å². The van der Waals surface area contributed by atoms with Crippen LogP contribution in [0.4, 0.5) is 11.5 Å². The first-order valence-electron chi connectivity index (χ1n) is 5.34. The zero-order chi connectivity index (χ0) is 11.1. The number of hydrogen-bond donors (Lipinski definition) is 2.